The first-order valence-corrected chi connectivity index (χ1v) is 15.0. The fourth-order valence-corrected chi connectivity index (χ4v) is 5.67. The Hall–Kier alpha value is -4.16. The average molecular weight is 624 g/mol. The number of nitrogens with zero attached hydrogens (tertiary/aromatic N) is 2. The lowest BCUT2D eigenvalue weighted by molar-refractivity contribution is -0.734. The maximum absolute atomic E-state index is 12.4. The number of alkyl carbamates (subject to hydrolysis) is 1. The van der Waals surface area contributed by atoms with Crippen LogP contribution in [0.5, 0.6) is 0 Å². The molecule has 1 amide bonds. The number of ether oxygens (including phenoxy) is 1. The summed E-state index contributed by atoms with van der Waals surface area (Å²) in [5.74, 6) is 0. The highest BCUT2D eigenvalue weighted by Gasteiger charge is 2.43. The predicted molar refractivity (Wildman–Crippen MR) is 170 cm³/mol. The van der Waals surface area contributed by atoms with Crippen LogP contribution in [0.25, 0.3) is 0 Å². The van der Waals surface area contributed by atoms with Crippen LogP contribution in [0.4, 0.5) is 4.79 Å². The molecule has 0 saturated heterocycles. The van der Waals surface area contributed by atoms with Crippen molar-refractivity contribution in [2.45, 2.75) is 44.9 Å². The maximum atomic E-state index is 12.4. The van der Waals surface area contributed by atoms with Crippen LogP contribution >= 0.6 is 15.9 Å². The summed E-state index contributed by atoms with van der Waals surface area (Å²) in [7, 11) is 0. The molecule has 4 aromatic carbocycles. The maximum Gasteiger partial charge on any atom is 0.407 e. The molecular weight excluding hydrogens is 586 g/mol. The zero-order chi connectivity index (χ0) is 29.6. The van der Waals surface area contributed by atoms with Crippen molar-refractivity contribution in [2.75, 3.05) is 6.54 Å². The van der Waals surface area contributed by atoms with Crippen molar-refractivity contribution in [1.82, 2.24) is 9.88 Å². The molecule has 0 aliphatic rings. The van der Waals surface area contributed by atoms with E-state index in [1.807, 2.05) is 20.8 Å². The van der Waals surface area contributed by atoms with Gasteiger partial charge < -0.3 is 10.1 Å². The number of hydrogen-bond acceptors (Lipinski definition) is 2. The smallest absolute Gasteiger partial charge is 0.407 e. The third-order valence-electron chi connectivity index (χ3n) is 7.20. The molecule has 6 heteroatoms. The topological polar surface area (TPSA) is 47.1 Å². The summed E-state index contributed by atoms with van der Waals surface area (Å²) in [4.78, 5) is 12.4. The summed E-state index contributed by atoms with van der Waals surface area (Å²) in [5.41, 5.74) is 4.59. The number of amides is 1. The second-order valence-electron chi connectivity index (χ2n) is 11.4. The normalized spacial score (nSPS) is 11.7. The lowest BCUT2D eigenvalue weighted by Gasteiger charge is -2.32. The molecule has 0 spiro atoms. The first-order valence-electron chi connectivity index (χ1n) is 14.2. The third kappa shape index (κ3) is 6.66. The zero-order valence-electron chi connectivity index (χ0n) is 24.3. The van der Waals surface area contributed by atoms with Gasteiger partial charge in [-0.3, -0.25) is 0 Å². The molecule has 0 aliphatic heterocycles. The minimum atomic E-state index is -0.623. The number of hydrogen-bond donors (Lipinski definition) is 1. The summed E-state index contributed by atoms with van der Waals surface area (Å²) < 4.78 is 11.1. The largest absolute Gasteiger partial charge is 0.444 e. The molecule has 214 valence electrons. The quantitative estimate of drug-likeness (QED) is 0.137. The lowest BCUT2D eigenvalue weighted by Crippen LogP contribution is -2.57. The van der Waals surface area contributed by atoms with E-state index in [-0.39, 0.29) is 0 Å². The number of carbonyl (C=O) groups excluding carboxylic acids is 1. The van der Waals surface area contributed by atoms with Crippen LogP contribution in [-0.2, 0) is 23.2 Å². The number of carbonyl (C=O) groups is 1. The van der Waals surface area contributed by atoms with Crippen molar-refractivity contribution < 1.29 is 14.1 Å². The Balaban J connectivity index is 1.64. The highest BCUT2D eigenvalue weighted by Crippen LogP contribution is 2.36. The van der Waals surface area contributed by atoms with Crippen LogP contribution in [-0.4, -0.2) is 22.8 Å². The van der Waals surface area contributed by atoms with Crippen molar-refractivity contribution in [3.63, 3.8) is 0 Å². The molecular formula is C36H37BrN3O2+. The van der Waals surface area contributed by atoms with E-state index in [0.717, 1.165) is 26.9 Å². The van der Waals surface area contributed by atoms with Gasteiger partial charge in [0, 0.05) is 34.1 Å². The fourth-order valence-electron chi connectivity index (χ4n) is 5.40. The minimum absolute atomic E-state index is 0.409. The molecule has 0 saturated carbocycles. The van der Waals surface area contributed by atoms with E-state index in [2.05, 4.69) is 158 Å². The predicted octanol–water partition coefficient (Wildman–Crippen LogP) is 7.49. The Morgan fingerprint density at radius 2 is 1.29 bits per heavy atom. The summed E-state index contributed by atoms with van der Waals surface area (Å²) in [6, 6.07) is 40.3. The van der Waals surface area contributed by atoms with Gasteiger partial charge in [0.25, 0.3) is 0 Å². The summed E-state index contributed by atoms with van der Waals surface area (Å²) in [6.07, 6.45) is 4.66. The monoisotopic (exact) mass is 622 g/mol. The Labute approximate surface area is 256 Å². The van der Waals surface area contributed by atoms with Crippen LogP contribution in [0.15, 0.2) is 132 Å². The Kier molecular flexibility index (Phi) is 8.93. The Morgan fingerprint density at radius 3 is 1.76 bits per heavy atom. The average Bonchev–Trinajstić information content (AvgIpc) is 3.38. The number of rotatable bonds is 9. The molecule has 1 aromatic heterocycles. The van der Waals surface area contributed by atoms with E-state index in [0.29, 0.717) is 19.5 Å². The van der Waals surface area contributed by atoms with Crippen molar-refractivity contribution in [3.05, 3.63) is 160 Å². The van der Waals surface area contributed by atoms with E-state index < -0.39 is 17.2 Å². The number of imidazole rings is 1. The molecule has 0 radical (unpaired) electrons. The van der Waals surface area contributed by atoms with Gasteiger partial charge in [0.2, 0.25) is 6.33 Å². The van der Waals surface area contributed by atoms with Crippen LogP contribution in [0.3, 0.4) is 0 Å². The van der Waals surface area contributed by atoms with Gasteiger partial charge in [-0.05, 0) is 38.5 Å². The van der Waals surface area contributed by atoms with Crippen LogP contribution in [0.2, 0.25) is 0 Å². The van der Waals surface area contributed by atoms with Gasteiger partial charge in [0.15, 0.2) is 5.54 Å². The molecule has 5 nitrogen and oxygen atoms in total. The molecule has 1 heterocycles. The van der Waals surface area contributed by atoms with E-state index in [1.54, 1.807) is 0 Å². The van der Waals surface area contributed by atoms with Crippen molar-refractivity contribution in [1.29, 1.82) is 0 Å². The van der Waals surface area contributed by atoms with Crippen molar-refractivity contribution >= 4 is 22.0 Å². The Bertz CT molecular complexity index is 1500. The minimum Gasteiger partial charge on any atom is -0.444 e. The van der Waals surface area contributed by atoms with Gasteiger partial charge >= 0.3 is 6.09 Å². The van der Waals surface area contributed by atoms with Gasteiger partial charge in [0.05, 0.1) is 0 Å². The van der Waals surface area contributed by atoms with E-state index >= 15 is 0 Å². The number of nitrogens with one attached hydrogen (secondary N) is 1. The van der Waals surface area contributed by atoms with E-state index in [1.165, 1.54) is 5.56 Å². The molecule has 5 aromatic rings. The standard InChI is InChI=1S/C36H36BrN3O2/c1-35(2,3)42-34(41)38-24-23-33-26-40(27-39(33)25-28-19-21-32(37)22-20-28)36(29-13-7-4-8-14-29,30-15-9-5-10-16-30)31-17-11-6-12-18-31/h4-22,26-27H,23-25H2,1-3H3/p+1. The summed E-state index contributed by atoms with van der Waals surface area (Å²) >= 11 is 3.56. The second kappa shape index (κ2) is 12.8. The van der Waals surface area contributed by atoms with Crippen LogP contribution in [0.1, 0.15) is 48.7 Å². The molecule has 1 N–H and O–H groups in total. The molecule has 0 fully saturated rings. The van der Waals surface area contributed by atoms with E-state index in [9.17, 15) is 4.79 Å². The number of halogens is 1. The van der Waals surface area contributed by atoms with Crippen LogP contribution < -0.4 is 9.88 Å². The molecule has 0 bridgehead atoms. The molecule has 0 aliphatic carbocycles. The highest BCUT2D eigenvalue weighted by atomic mass is 79.9. The molecule has 5 rings (SSSR count). The highest BCUT2D eigenvalue weighted by molar-refractivity contribution is 9.10. The van der Waals surface area contributed by atoms with Crippen LogP contribution in [0, 0.1) is 0 Å². The summed E-state index contributed by atoms with van der Waals surface area (Å²) in [5, 5.41) is 2.94. The van der Waals surface area contributed by atoms with Crippen molar-refractivity contribution in [2.24, 2.45) is 0 Å². The van der Waals surface area contributed by atoms with E-state index in [4.69, 9.17) is 4.74 Å². The Morgan fingerprint density at radius 1 is 0.786 bits per heavy atom. The zero-order valence-corrected chi connectivity index (χ0v) is 25.9. The van der Waals surface area contributed by atoms with Gasteiger partial charge in [-0.1, -0.05) is 119 Å². The third-order valence-corrected chi connectivity index (χ3v) is 7.73. The second-order valence-corrected chi connectivity index (χ2v) is 12.3. The van der Waals surface area contributed by atoms with Crippen molar-refractivity contribution in [3.8, 4) is 0 Å². The summed E-state index contributed by atoms with van der Waals surface area (Å²) in [6.45, 7) is 6.75. The lowest BCUT2D eigenvalue weighted by atomic mass is 9.77. The molecule has 0 unspecified atom stereocenters. The SMILES string of the molecule is CC(C)(C)OC(=O)NCCc1c[n+](C(c2ccccc2)(c2ccccc2)c2ccccc2)cn1Cc1ccc(Br)cc1. The molecule has 0 atom stereocenters. The van der Waals surface area contributed by atoms with Gasteiger partial charge in [-0.15, -0.1) is 0 Å². The number of benzene rings is 4. The number of aromatic nitrogens is 2. The first kappa shape index (κ1) is 29.3. The van der Waals surface area contributed by atoms with Gasteiger partial charge in [-0.2, -0.15) is 0 Å². The van der Waals surface area contributed by atoms with Gasteiger partial charge in [-0.25, -0.2) is 13.9 Å². The molecule has 42 heavy (non-hydrogen) atoms. The fraction of sp³-hybridized carbons (Fsp3) is 0.222. The first-order chi connectivity index (χ1) is 20.3. The van der Waals surface area contributed by atoms with Gasteiger partial charge in [0.1, 0.15) is 24.0 Å².